The van der Waals surface area contributed by atoms with Crippen LogP contribution in [-0.2, 0) is 20.9 Å². The molecule has 148 valence electrons. The maximum Gasteiger partial charge on any atom is 0.224 e. The number of nitrogens with one attached hydrogen (secondary N) is 1. The van der Waals surface area contributed by atoms with Crippen LogP contribution in [0.2, 0.25) is 0 Å². The number of anilines is 2. The smallest absolute Gasteiger partial charge is 0.224 e. The summed E-state index contributed by atoms with van der Waals surface area (Å²) in [5.41, 5.74) is 2.34. The minimum atomic E-state index is -0.179. The SMILES string of the molecule is CCN(Cc1ccccc1)C(=O)CCN(C(C)=O)c1cccc(NC(C)=O)c1. The Kier molecular flexibility index (Phi) is 7.75. The van der Waals surface area contributed by atoms with Gasteiger partial charge in [0, 0.05) is 51.3 Å². The molecule has 0 heterocycles. The highest BCUT2D eigenvalue weighted by molar-refractivity contribution is 5.94. The Morgan fingerprint density at radius 2 is 1.68 bits per heavy atom. The second-order valence-electron chi connectivity index (χ2n) is 6.55. The summed E-state index contributed by atoms with van der Waals surface area (Å²) >= 11 is 0. The van der Waals surface area contributed by atoms with E-state index in [2.05, 4.69) is 5.32 Å². The van der Waals surface area contributed by atoms with E-state index in [4.69, 9.17) is 0 Å². The molecule has 0 aliphatic rings. The molecule has 1 N–H and O–H groups in total. The van der Waals surface area contributed by atoms with Crippen LogP contribution in [0.5, 0.6) is 0 Å². The van der Waals surface area contributed by atoms with Crippen LogP contribution in [0.1, 0.15) is 32.8 Å². The van der Waals surface area contributed by atoms with Crippen molar-refractivity contribution in [2.24, 2.45) is 0 Å². The molecule has 0 radical (unpaired) electrons. The fourth-order valence-corrected chi connectivity index (χ4v) is 2.97. The average Bonchev–Trinajstić information content (AvgIpc) is 2.66. The predicted molar refractivity (Wildman–Crippen MR) is 111 cm³/mol. The van der Waals surface area contributed by atoms with E-state index in [0.29, 0.717) is 24.5 Å². The van der Waals surface area contributed by atoms with Crippen molar-refractivity contribution in [3.63, 3.8) is 0 Å². The van der Waals surface area contributed by atoms with Crippen molar-refractivity contribution in [3.8, 4) is 0 Å². The number of hydrogen-bond acceptors (Lipinski definition) is 3. The molecule has 28 heavy (non-hydrogen) atoms. The first-order valence-corrected chi connectivity index (χ1v) is 9.38. The molecule has 0 saturated carbocycles. The van der Waals surface area contributed by atoms with Gasteiger partial charge in [-0.25, -0.2) is 0 Å². The number of benzene rings is 2. The summed E-state index contributed by atoms with van der Waals surface area (Å²) in [6.45, 7) is 6.28. The van der Waals surface area contributed by atoms with Crippen LogP contribution in [-0.4, -0.2) is 35.7 Å². The molecule has 0 atom stereocenters. The quantitative estimate of drug-likeness (QED) is 0.762. The minimum absolute atomic E-state index is 0.00406. The minimum Gasteiger partial charge on any atom is -0.339 e. The fraction of sp³-hybridized carbons (Fsp3) is 0.318. The summed E-state index contributed by atoms with van der Waals surface area (Å²) in [7, 11) is 0. The van der Waals surface area contributed by atoms with Gasteiger partial charge in [-0.3, -0.25) is 14.4 Å². The standard InChI is InChI=1S/C22H27N3O3/c1-4-24(16-19-9-6-5-7-10-19)22(28)13-14-25(18(3)27)21-12-8-11-20(15-21)23-17(2)26/h5-12,15H,4,13-14,16H2,1-3H3,(H,23,26). The summed E-state index contributed by atoms with van der Waals surface area (Å²) < 4.78 is 0. The number of amides is 3. The average molecular weight is 381 g/mol. The Hall–Kier alpha value is -3.15. The van der Waals surface area contributed by atoms with E-state index in [-0.39, 0.29) is 30.7 Å². The Morgan fingerprint density at radius 1 is 0.964 bits per heavy atom. The molecule has 0 aromatic heterocycles. The molecule has 6 heteroatoms. The number of rotatable bonds is 8. The van der Waals surface area contributed by atoms with Gasteiger partial charge in [-0.2, -0.15) is 0 Å². The van der Waals surface area contributed by atoms with E-state index in [9.17, 15) is 14.4 Å². The summed E-state index contributed by atoms with van der Waals surface area (Å²) in [5, 5.41) is 2.71. The summed E-state index contributed by atoms with van der Waals surface area (Å²) in [4.78, 5) is 39.4. The van der Waals surface area contributed by atoms with Gasteiger partial charge in [0.15, 0.2) is 0 Å². The Balaban J connectivity index is 2.05. The maximum absolute atomic E-state index is 12.7. The zero-order valence-corrected chi connectivity index (χ0v) is 16.6. The van der Waals surface area contributed by atoms with Gasteiger partial charge in [0.25, 0.3) is 0 Å². The Bertz CT molecular complexity index is 821. The predicted octanol–water partition coefficient (Wildman–Crippen LogP) is 3.44. The van der Waals surface area contributed by atoms with E-state index in [0.717, 1.165) is 5.56 Å². The normalized spacial score (nSPS) is 10.2. The molecule has 0 unspecified atom stereocenters. The highest BCUT2D eigenvalue weighted by Crippen LogP contribution is 2.20. The molecule has 2 rings (SSSR count). The molecule has 0 bridgehead atoms. The van der Waals surface area contributed by atoms with Crippen molar-refractivity contribution < 1.29 is 14.4 Å². The third-order valence-electron chi connectivity index (χ3n) is 4.36. The molecular formula is C22H27N3O3. The molecule has 0 spiro atoms. The Morgan fingerprint density at radius 3 is 2.29 bits per heavy atom. The topological polar surface area (TPSA) is 69.7 Å². The van der Waals surface area contributed by atoms with E-state index in [1.807, 2.05) is 37.3 Å². The highest BCUT2D eigenvalue weighted by Gasteiger charge is 2.17. The van der Waals surface area contributed by atoms with E-state index >= 15 is 0 Å². The largest absolute Gasteiger partial charge is 0.339 e. The molecule has 3 amide bonds. The van der Waals surface area contributed by atoms with E-state index in [1.54, 1.807) is 34.1 Å². The lowest BCUT2D eigenvalue weighted by atomic mass is 10.2. The Labute approximate surface area is 166 Å². The summed E-state index contributed by atoms with van der Waals surface area (Å²) in [6, 6.07) is 16.9. The number of carbonyl (C=O) groups excluding carboxylic acids is 3. The van der Waals surface area contributed by atoms with Crippen molar-refractivity contribution in [2.45, 2.75) is 33.7 Å². The number of hydrogen-bond donors (Lipinski definition) is 1. The molecule has 0 saturated heterocycles. The van der Waals surface area contributed by atoms with E-state index < -0.39 is 0 Å². The van der Waals surface area contributed by atoms with Gasteiger partial charge < -0.3 is 15.1 Å². The molecule has 2 aromatic carbocycles. The first-order valence-electron chi connectivity index (χ1n) is 9.38. The van der Waals surface area contributed by atoms with Crippen LogP contribution < -0.4 is 10.2 Å². The van der Waals surface area contributed by atoms with Crippen molar-refractivity contribution in [1.82, 2.24) is 4.90 Å². The lowest BCUT2D eigenvalue weighted by Crippen LogP contribution is -2.36. The van der Waals surface area contributed by atoms with Crippen molar-refractivity contribution >= 4 is 29.1 Å². The molecule has 0 aliphatic heterocycles. The van der Waals surface area contributed by atoms with E-state index in [1.165, 1.54) is 13.8 Å². The van der Waals surface area contributed by atoms with Gasteiger partial charge >= 0.3 is 0 Å². The third kappa shape index (κ3) is 6.23. The second kappa shape index (κ2) is 10.3. The third-order valence-corrected chi connectivity index (χ3v) is 4.36. The van der Waals surface area contributed by atoms with Crippen LogP contribution in [0.4, 0.5) is 11.4 Å². The first-order chi connectivity index (χ1) is 13.4. The van der Waals surface area contributed by atoms with Gasteiger partial charge in [0.1, 0.15) is 0 Å². The lowest BCUT2D eigenvalue weighted by Gasteiger charge is -2.25. The van der Waals surface area contributed by atoms with Crippen LogP contribution in [0.15, 0.2) is 54.6 Å². The van der Waals surface area contributed by atoms with Crippen molar-refractivity contribution in [2.75, 3.05) is 23.3 Å². The molecule has 6 nitrogen and oxygen atoms in total. The fourth-order valence-electron chi connectivity index (χ4n) is 2.97. The number of nitrogens with zero attached hydrogens (tertiary/aromatic N) is 2. The van der Waals surface area contributed by atoms with Crippen LogP contribution in [0, 0.1) is 0 Å². The zero-order valence-electron chi connectivity index (χ0n) is 16.6. The van der Waals surface area contributed by atoms with Gasteiger partial charge in [-0.05, 0) is 30.7 Å². The molecule has 2 aromatic rings. The van der Waals surface area contributed by atoms with Crippen LogP contribution in [0.3, 0.4) is 0 Å². The van der Waals surface area contributed by atoms with Crippen molar-refractivity contribution in [3.05, 3.63) is 60.2 Å². The van der Waals surface area contributed by atoms with Crippen molar-refractivity contribution in [1.29, 1.82) is 0 Å². The molecule has 0 aliphatic carbocycles. The highest BCUT2D eigenvalue weighted by atomic mass is 16.2. The van der Waals surface area contributed by atoms with Gasteiger partial charge in [-0.1, -0.05) is 36.4 Å². The molecular weight excluding hydrogens is 354 g/mol. The summed E-state index contributed by atoms with van der Waals surface area (Å²) in [5.74, 6) is -0.337. The van der Waals surface area contributed by atoms with Gasteiger partial charge in [-0.15, -0.1) is 0 Å². The van der Waals surface area contributed by atoms with Gasteiger partial charge in [0.2, 0.25) is 17.7 Å². The first kappa shape index (κ1) is 21.2. The summed E-state index contributed by atoms with van der Waals surface area (Å²) in [6.07, 6.45) is 0.227. The second-order valence-corrected chi connectivity index (χ2v) is 6.55. The number of carbonyl (C=O) groups is 3. The van der Waals surface area contributed by atoms with Gasteiger partial charge in [0.05, 0.1) is 0 Å². The maximum atomic E-state index is 12.7. The monoisotopic (exact) mass is 381 g/mol. The van der Waals surface area contributed by atoms with Crippen LogP contribution >= 0.6 is 0 Å². The lowest BCUT2D eigenvalue weighted by molar-refractivity contribution is -0.131. The van der Waals surface area contributed by atoms with Crippen LogP contribution in [0.25, 0.3) is 0 Å². The molecule has 0 fully saturated rings. The zero-order chi connectivity index (χ0) is 20.5.